The number of fused-ring (bicyclic) bond motifs is 2. The van der Waals surface area contributed by atoms with Crippen LogP contribution in [0.15, 0.2) is 72.9 Å². The Morgan fingerprint density at radius 1 is 0.979 bits per heavy atom. The molecule has 0 bridgehead atoms. The van der Waals surface area contributed by atoms with Crippen LogP contribution in [0.1, 0.15) is 94.3 Å². The number of hydrogen-bond donors (Lipinski definition) is 3. The molecule has 1 unspecified atom stereocenters. The second-order valence-corrected chi connectivity index (χ2v) is 14.0. The molecule has 4 heterocycles. The number of nitrogens with one attached hydrogen (secondary N) is 2. The minimum Gasteiger partial charge on any atom is -0.484 e. The lowest BCUT2D eigenvalue weighted by Gasteiger charge is -2.33. The van der Waals surface area contributed by atoms with Crippen molar-refractivity contribution in [1.29, 1.82) is 0 Å². The molecule has 1 aliphatic carbocycles. The highest BCUT2D eigenvalue weighted by Gasteiger charge is 2.30. The predicted octanol–water partition coefficient (Wildman–Crippen LogP) is 6.86. The number of anilines is 2. The van der Waals surface area contributed by atoms with Crippen LogP contribution < -0.4 is 20.3 Å². The van der Waals surface area contributed by atoms with Gasteiger partial charge in [-0.3, -0.25) is 9.72 Å². The number of aliphatic hydroxyl groups excluding tert-OH is 1. The third kappa shape index (κ3) is 6.34. The van der Waals surface area contributed by atoms with E-state index in [-0.39, 0.29) is 30.2 Å². The van der Waals surface area contributed by atoms with Crippen molar-refractivity contribution in [3.8, 4) is 11.4 Å². The summed E-state index contributed by atoms with van der Waals surface area (Å²) in [6.07, 6.45) is 6.83. The fourth-order valence-corrected chi connectivity index (χ4v) is 6.84. The Morgan fingerprint density at radius 2 is 1.81 bits per heavy atom. The van der Waals surface area contributed by atoms with E-state index in [0.717, 1.165) is 71.2 Å². The molecule has 3 atom stereocenters. The summed E-state index contributed by atoms with van der Waals surface area (Å²) in [5.74, 6) is 2.17. The molecule has 7 rings (SSSR count). The smallest absolute Gasteiger partial charge is 0.320 e. The molecule has 0 radical (unpaired) electrons. The number of nitrogens with zero attached hydrogens (tertiary/aromatic N) is 6. The standard InChI is InChI=1S/C37H44N8O3/c1-24-10-7-8-19-43(24)36-41-40-33-18-15-27(22-44(33)36)48-31-17-16-30(28-13-5-6-14-29(28)31)38-35(47)39-34-21-32(37(2,3)4)42-45(34)26-12-9-11-25(20-26)23-46/h5-6,9,11-15,18,20-22,24,30-31,46H,7-8,10,16-17,19,23H2,1-4H3,(H2,38,39,47)/t24?,30-,31+/m0/s1. The molecule has 48 heavy (non-hydrogen) atoms. The first-order valence-electron chi connectivity index (χ1n) is 16.9. The lowest BCUT2D eigenvalue weighted by Crippen LogP contribution is -2.38. The molecule has 0 spiro atoms. The summed E-state index contributed by atoms with van der Waals surface area (Å²) in [5, 5.41) is 29.7. The van der Waals surface area contributed by atoms with E-state index in [1.807, 2.05) is 65.2 Å². The summed E-state index contributed by atoms with van der Waals surface area (Å²) < 4.78 is 10.4. The van der Waals surface area contributed by atoms with Crippen LogP contribution in [-0.4, -0.2) is 48.1 Å². The Labute approximate surface area is 280 Å². The summed E-state index contributed by atoms with van der Waals surface area (Å²) in [5.41, 5.74) is 5.04. The second kappa shape index (κ2) is 13.0. The van der Waals surface area contributed by atoms with Crippen LogP contribution in [0.3, 0.4) is 0 Å². The van der Waals surface area contributed by atoms with E-state index in [0.29, 0.717) is 18.3 Å². The Kier molecular flexibility index (Phi) is 8.55. The molecule has 3 aromatic heterocycles. The summed E-state index contributed by atoms with van der Waals surface area (Å²) in [4.78, 5) is 15.9. The molecule has 1 saturated heterocycles. The fraction of sp³-hybridized carbons (Fsp3) is 0.405. The lowest BCUT2D eigenvalue weighted by molar-refractivity contribution is 0.171. The minimum absolute atomic E-state index is 0.0788. The largest absolute Gasteiger partial charge is 0.484 e. The van der Waals surface area contributed by atoms with Gasteiger partial charge in [-0.1, -0.05) is 57.2 Å². The van der Waals surface area contributed by atoms with Gasteiger partial charge in [0, 0.05) is 24.1 Å². The summed E-state index contributed by atoms with van der Waals surface area (Å²) in [7, 11) is 0. The monoisotopic (exact) mass is 648 g/mol. The van der Waals surface area contributed by atoms with Crippen LogP contribution in [0.5, 0.6) is 5.75 Å². The highest BCUT2D eigenvalue weighted by molar-refractivity contribution is 5.89. The van der Waals surface area contributed by atoms with E-state index >= 15 is 0 Å². The Bertz CT molecular complexity index is 1930. The minimum atomic E-state index is -0.313. The average molecular weight is 649 g/mol. The van der Waals surface area contributed by atoms with Gasteiger partial charge in [0.15, 0.2) is 5.65 Å². The number of pyridine rings is 1. The number of carbonyl (C=O) groups excluding carboxylic acids is 1. The van der Waals surface area contributed by atoms with Crippen LogP contribution in [0.2, 0.25) is 0 Å². The van der Waals surface area contributed by atoms with Crippen LogP contribution >= 0.6 is 0 Å². The van der Waals surface area contributed by atoms with Crippen LogP contribution in [0, 0.1) is 0 Å². The molecule has 3 N–H and O–H groups in total. The fourth-order valence-electron chi connectivity index (χ4n) is 6.84. The third-order valence-corrected chi connectivity index (χ3v) is 9.49. The first-order chi connectivity index (χ1) is 23.2. The molecule has 11 heteroatoms. The molecular formula is C37H44N8O3. The van der Waals surface area contributed by atoms with Gasteiger partial charge in [0.05, 0.1) is 30.2 Å². The highest BCUT2D eigenvalue weighted by Crippen LogP contribution is 2.39. The van der Waals surface area contributed by atoms with Gasteiger partial charge >= 0.3 is 6.03 Å². The Morgan fingerprint density at radius 3 is 2.60 bits per heavy atom. The lowest BCUT2D eigenvalue weighted by atomic mass is 9.85. The number of carbonyl (C=O) groups is 1. The molecule has 250 valence electrons. The van der Waals surface area contributed by atoms with Gasteiger partial charge in [-0.25, -0.2) is 9.48 Å². The first kappa shape index (κ1) is 31.7. The van der Waals surface area contributed by atoms with Crippen molar-refractivity contribution in [3.63, 3.8) is 0 Å². The SMILES string of the molecule is CC1CCCCN1c1nnc2ccc(O[C@@H]3CC[C@H](NC(=O)Nc4cc(C(C)(C)C)nn4-c4cccc(CO)c4)c4ccccc43)cn12. The zero-order valence-electron chi connectivity index (χ0n) is 28.1. The molecule has 0 saturated carbocycles. The van der Waals surface area contributed by atoms with Gasteiger partial charge in [-0.2, -0.15) is 5.10 Å². The predicted molar refractivity (Wildman–Crippen MR) is 186 cm³/mol. The van der Waals surface area contributed by atoms with Crippen molar-refractivity contribution in [2.24, 2.45) is 0 Å². The van der Waals surface area contributed by atoms with E-state index in [4.69, 9.17) is 9.84 Å². The molecule has 5 aromatic rings. The number of aromatic nitrogens is 5. The number of benzene rings is 2. The van der Waals surface area contributed by atoms with Crippen molar-refractivity contribution in [3.05, 3.63) is 95.3 Å². The number of rotatable bonds is 7. The highest BCUT2D eigenvalue weighted by atomic mass is 16.5. The topological polar surface area (TPSA) is 122 Å². The summed E-state index contributed by atoms with van der Waals surface area (Å²) in [6.45, 7) is 9.40. The average Bonchev–Trinajstić information content (AvgIpc) is 3.71. The van der Waals surface area contributed by atoms with Crippen LogP contribution in [0.4, 0.5) is 16.6 Å². The molecule has 1 fully saturated rings. The number of aliphatic hydroxyl groups is 1. The van der Waals surface area contributed by atoms with Crippen molar-refractivity contribution in [1.82, 2.24) is 29.7 Å². The maximum Gasteiger partial charge on any atom is 0.320 e. The van der Waals surface area contributed by atoms with E-state index in [2.05, 4.69) is 65.6 Å². The van der Waals surface area contributed by atoms with Gasteiger partial charge in [0.1, 0.15) is 17.7 Å². The molecular weight excluding hydrogens is 604 g/mol. The summed E-state index contributed by atoms with van der Waals surface area (Å²) in [6, 6.07) is 21.4. The Balaban J connectivity index is 1.09. The van der Waals surface area contributed by atoms with E-state index in [9.17, 15) is 9.90 Å². The van der Waals surface area contributed by atoms with Crippen LogP contribution in [0.25, 0.3) is 11.3 Å². The van der Waals surface area contributed by atoms with Crippen LogP contribution in [-0.2, 0) is 12.0 Å². The molecule has 2 aliphatic rings. The third-order valence-electron chi connectivity index (χ3n) is 9.49. The van der Waals surface area contributed by atoms with Gasteiger partial charge in [0.2, 0.25) is 5.95 Å². The van der Waals surface area contributed by atoms with E-state index in [1.54, 1.807) is 4.68 Å². The van der Waals surface area contributed by atoms with Crippen molar-refractivity contribution >= 4 is 23.4 Å². The molecule has 2 amide bonds. The number of piperidine rings is 1. The number of hydrogen-bond acceptors (Lipinski definition) is 7. The first-order valence-corrected chi connectivity index (χ1v) is 16.9. The summed E-state index contributed by atoms with van der Waals surface area (Å²) >= 11 is 0. The zero-order chi connectivity index (χ0) is 33.4. The second-order valence-electron chi connectivity index (χ2n) is 14.0. The number of amides is 2. The van der Waals surface area contributed by atoms with Gasteiger partial charge in [-0.05, 0) is 80.0 Å². The molecule has 11 nitrogen and oxygen atoms in total. The number of urea groups is 1. The van der Waals surface area contributed by atoms with Crippen molar-refractivity contribution in [2.75, 3.05) is 16.8 Å². The normalized spacial score (nSPS) is 19.6. The zero-order valence-corrected chi connectivity index (χ0v) is 28.1. The van der Waals surface area contributed by atoms with Crippen molar-refractivity contribution in [2.45, 2.75) is 90.0 Å². The maximum atomic E-state index is 13.6. The van der Waals surface area contributed by atoms with E-state index < -0.39 is 0 Å². The number of ether oxygens (including phenoxy) is 1. The van der Waals surface area contributed by atoms with Gasteiger partial charge in [0.25, 0.3) is 0 Å². The maximum absolute atomic E-state index is 13.6. The van der Waals surface area contributed by atoms with Gasteiger partial charge < -0.3 is 20.1 Å². The van der Waals surface area contributed by atoms with Gasteiger partial charge in [-0.15, -0.1) is 10.2 Å². The van der Waals surface area contributed by atoms with Crippen molar-refractivity contribution < 1.29 is 14.6 Å². The molecule has 1 aliphatic heterocycles. The molecule has 2 aromatic carbocycles. The quantitative estimate of drug-likeness (QED) is 0.176. The Hall–Kier alpha value is -4.90. The van der Waals surface area contributed by atoms with E-state index in [1.165, 1.54) is 6.42 Å².